The van der Waals surface area contributed by atoms with Gasteiger partial charge in [-0.25, -0.2) is 0 Å². The highest BCUT2D eigenvalue weighted by molar-refractivity contribution is 8.19. The first-order valence-electron chi connectivity index (χ1n) is 6.70. The van der Waals surface area contributed by atoms with Gasteiger partial charge in [0.2, 0.25) is 0 Å². The molecule has 0 aromatic heterocycles. The molecule has 3 rings (SSSR count). The minimum atomic E-state index is -0.169. The van der Waals surface area contributed by atoms with Crippen molar-refractivity contribution in [2.75, 3.05) is 12.0 Å². The normalized spacial score (nSPS) is 16.4. The molecule has 0 bridgehead atoms. The van der Waals surface area contributed by atoms with Crippen molar-refractivity contribution in [3.8, 4) is 5.75 Å². The molecule has 1 fully saturated rings. The number of nitrogens with zero attached hydrogens (tertiary/aromatic N) is 1. The molecule has 5 heteroatoms. The van der Waals surface area contributed by atoms with Crippen LogP contribution in [0.2, 0.25) is 0 Å². The predicted molar refractivity (Wildman–Crippen MR) is 90.2 cm³/mol. The lowest BCUT2D eigenvalue weighted by molar-refractivity contribution is -0.113. The fourth-order valence-electron chi connectivity index (χ4n) is 2.15. The summed E-state index contributed by atoms with van der Waals surface area (Å²) < 4.78 is 5.12. The van der Waals surface area contributed by atoms with Crippen LogP contribution in [0.3, 0.4) is 0 Å². The topological polar surface area (TPSA) is 53.4 Å². The SMILES string of the molecule is COc1ccc(/C=C2\SC(=N)N(c3ccccc3)C2=O)cc1. The molecule has 1 aliphatic heterocycles. The highest BCUT2D eigenvalue weighted by Crippen LogP contribution is 2.35. The molecule has 1 aliphatic rings. The minimum Gasteiger partial charge on any atom is -0.497 e. The second-order valence-electron chi connectivity index (χ2n) is 4.67. The number of benzene rings is 2. The Morgan fingerprint density at radius 2 is 1.77 bits per heavy atom. The molecule has 2 aromatic carbocycles. The summed E-state index contributed by atoms with van der Waals surface area (Å²) in [7, 11) is 1.61. The third-order valence-corrected chi connectivity index (χ3v) is 4.14. The monoisotopic (exact) mass is 310 g/mol. The Hall–Kier alpha value is -2.53. The van der Waals surface area contributed by atoms with Gasteiger partial charge in [-0.1, -0.05) is 30.3 Å². The molecule has 0 atom stereocenters. The summed E-state index contributed by atoms with van der Waals surface area (Å²) >= 11 is 1.17. The van der Waals surface area contributed by atoms with Crippen LogP contribution in [0.1, 0.15) is 5.56 Å². The summed E-state index contributed by atoms with van der Waals surface area (Å²) in [4.78, 5) is 14.5. The summed E-state index contributed by atoms with van der Waals surface area (Å²) in [6, 6.07) is 16.7. The smallest absolute Gasteiger partial charge is 0.271 e. The van der Waals surface area contributed by atoms with Crippen molar-refractivity contribution in [2.45, 2.75) is 0 Å². The fourth-order valence-corrected chi connectivity index (χ4v) is 3.01. The molecule has 4 nitrogen and oxygen atoms in total. The molecule has 1 heterocycles. The largest absolute Gasteiger partial charge is 0.497 e. The number of para-hydroxylation sites is 1. The first kappa shape index (κ1) is 14.4. The van der Waals surface area contributed by atoms with E-state index in [4.69, 9.17) is 10.1 Å². The van der Waals surface area contributed by atoms with Gasteiger partial charge in [0.15, 0.2) is 5.17 Å². The Bertz CT molecular complexity index is 739. The maximum Gasteiger partial charge on any atom is 0.271 e. The van der Waals surface area contributed by atoms with Gasteiger partial charge in [0, 0.05) is 0 Å². The molecule has 0 spiro atoms. The number of carbonyl (C=O) groups is 1. The van der Waals surface area contributed by atoms with Crippen molar-refractivity contribution in [3.05, 3.63) is 65.1 Å². The van der Waals surface area contributed by atoms with Crippen LogP contribution in [0.4, 0.5) is 5.69 Å². The number of hydrogen-bond acceptors (Lipinski definition) is 4. The Balaban J connectivity index is 1.88. The van der Waals surface area contributed by atoms with Gasteiger partial charge in [-0.15, -0.1) is 0 Å². The summed E-state index contributed by atoms with van der Waals surface area (Å²) in [6.07, 6.45) is 1.80. The van der Waals surface area contributed by atoms with E-state index < -0.39 is 0 Å². The Labute approximate surface area is 132 Å². The highest BCUT2D eigenvalue weighted by atomic mass is 32.2. The molecule has 110 valence electrons. The quantitative estimate of drug-likeness (QED) is 0.878. The Morgan fingerprint density at radius 3 is 2.41 bits per heavy atom. The Kier molecular flexibility index (Phi) is 3.98. The van der Waals surface area contributed by atoms with Crippen LogP contribution in [0, 0.1) is 5.41 Å². The van der Waals surface area contributed by atoms with Gasteiger partial charge in [0.05, 0.1) is 17.7 Å². The van der Waals surface area contributed by atoms with E-state index in [1.807, 2.05) is 54.6 Å². The van der Waals surface area contributed by atoms with E-state index in [-0.39, 0.29) is 11.1 Å². The number of carbonyl (C=O) groups excluding carboxylic acids is 1. The number of amides is 1. The highest BCUT2D eigenvalue weighted by Gasteiger charge is 2.33. The predicted octanol–water partition coefficient (Wildman–Crippen LogP) is 3.75. The van der Waals surface area contributed by atoms with Crippen LogP contribution in [-0.4, -0.2) is 18.2 Å². The van der Waals surface area contributed by atoms with E-state index >= 15 is 0 Å². The van der Waals surface area contributed by atoms with Crippen LogP contribution in [0.15, 0.2) is 59.5 Å². The molecule has 1 N–H and O–H groups in total. The molecule has 2 aromatic rings. The number of methoxy groups -OCH3 is 1. The summed E-state index contributed by atoms with van der Waals surface area (Å²) in [6.45, 7) is 0. The zero-order valence-corrected chi connectivity index (χ0v) is 12.8. The second-order valence-corrected chi connectivity index (χ2v) is 5.70. The first-order valence-corrected chi connectivity index (χ1v) is 7.52. The van der Waals surface area contributed by atoms with Gasteiger partial charge < -0.3 is 4.74 Å². The average molecular weight is 310 g/mol. The molecule has 1 saturated heterocycles. The molecular weight excluding hydrogens is 296 g/mol. The number of rotatable bonds is 3. The standard InChI is InChI=1S/C17H14N2O2S/c1-21-14-9-7-12(8-10-14)11-15-16(20)19(17(18)22-15)13-5-3-2-4-6-13/h2-11,18H,1H3/b15-11-,18-17?. The van der Waals surface area contributed by atoms with E-state index in [1.54, 1.807) is 13.2 Å². The molecule has 0 aliphatic carbocycles. The van der Waals surface area contributed by atoms with Crippen molar-refractivity contribution in [1.82, 2.24) is 0 Å². The Morgan fingerprint density at radius 1 is 1.09 bits per heavy atom. The average Bonchev–Trinajstić information content (AvgIpc) is 2.83. The van der Waals surface area contributed by atoms with Crippen LogP contribution in [0.5, 0.6) is 5.75 Å². The molecule has 0 unspecified atom stereocenters. The lowest BCUT2D eigenvalue weighted by Crippen LogP contribution is -2.27. The van der Waals surface area contributed by atoms with Crippen molar-refractivity contribution < 1.29 is 9.53 Å². The van der Waals surface area contributed by atoms with Crippen molar-refractivity contribution in [1.29, 1.82) is 5.41 Å². The van der Waals surface area contributed by atoms with Gasteiger partial charge in [-0.05, 0) is 47.7 Å². The maximum absolute atomic E-state index is 12.5. The van der Waals surface area contributed by atoms with Gasteiger partial charge in [-0.2, -0.15) is 0 Å². The zero-order valence-electron chi connectivity index (χ0n) is 11.9. The summed E-state index contributed by atoms with van der Waals surface area (Å²) in [5.74, 6) is 0.600. The van der Waals surface area contributed by atoms with E-state index in [2.05, 4.69) is 0 Å². The number of anilines is 1. The van der Waals surface area contributed by atoms with E-state index in [0.717, 1.165) is 11.3 Å². The molecule has 0 radical (unpaired) electrons. The van der Waals surface area contributed by atoms with Gasteiger partial charge in [-0.3, -0.25) is 15.1 Å². The van der Waals surface area contributed by atoms with Crippen molar-refractivity contribution >= 4 is 34.6 Å². The van der Waals surface area contributed by atoms with Crippen LogP contribution >= 0.6 is 11.8 Å². The number of hydrogen-bond donors (Lipinski definition) is 1. The maximum atomic E-state index is 12.5. The third kappa shape index (κ3) is 2.76. The number of ether oxygens (including phenoxy) is 1. The van der Waals surface area contributed by atoms with Gasteiger partial charge in [0.25, 0.3) is 5.91 Å². The second kappa shape index (κ2) is 6.07. The van der Waals surface area contributed by atoms with E-state index in [1.165, 1.54) is 16.7 Å². The minimum absolute atomic E-state index is 0.169. The molecule has 22 heavy (non-hydrogen) atoms. The van der Waals surface area contributed by atoms with Gasteiger partial charge >= 0.3 is 0 Å². The third-order valence-electron chi connectivity index (χ3n) is 3.25. The van der Waals surface area contributed by atoms with E-state index in [0.29, 0.717) is 10.6 Å². The summed E-state index contributed by atoms with van der Waals surface area (Å²) in [5.41, 5.74) is 1.61. The summed E-state index contributed by atoms with van der Waals surface area (Å²) in [5, 5.41) is 8.26. The number of nitrogens with one attached hydrogen (secondary N) is 1. The number of thioether (sulfide) groups is 1. The van der Waals surface area contributed by atoms with Crippen LogP contribution < -0.4 is 9.64 Å². The van der Waals surface area contributed by atoms with Crippen molar-refractivity contribution in [3.63, 3.8) is 0 Å². The lowest BCUT2D eigenvalue weighted by atomic mass is 10.2. The van der Waals surface area contributed by atoms with Gasteiger partial charge in [0.1, 0.15) is 5.75 Å². The first-order chi connectivity index (χ1) is 10.7. The number of amidine groups is 1. The van der Waals surface area contributed by atoms with E-state index in [9.17, 15) is 4.79 Å². The lowest BCUT2D eigenvalue weighted by Gasteiger charge is -2.13. The molecule has 0 saturated carbocycles. The molecular formula is C17H14N2O2S. The molecule has 1 amide bonds. The zero-order chi connectivity index (χ0) is 15.5. The van der Waals surface area contributed by atoms with Crippen molar-refractivity contribution in [2.24, 2.45) is 0 Å². The van der Waals surface area contributed by atoms with Crippen LogP contribution in [-0.2, 0) is 4.79 Å². The fraction of sp³-hybridized carbons (Fsp3) is 0.0588. The van der Waals surface area contributed by atoms with Crippen LogP contribution in [0.25, 0.3) is 6.08 Å².